The Kier molecular flexibility index (Phi) is 5.90. The van der Waals surface area contributed by atoms with Crippen LogP contribution in [0.5, 0.6) is 0 Å². The number of nitrogens with zero attached hydrogens (tertiary/aromatic N) is 2. The number of aromatic nitrogens is 1. The maximum atomic E-state index is 13.2. The van der Waals surface area contributed by atoms with Gasteiger partial charge in [0.15, 0.2) is 0 Å². The van der Waals surface area contributed by atoms with Gasteiger partial charge in [0.2, 0.25) is 0 Å². The number of thiophene rings is 1. The summed E-state index contributed by atoms with van der Waals surface area (Å²) in [5.74, 6) is -0.484. The Bertz CT molecular complexity index is 1590. The number of anilines is 2. The molecule has 0 atom stereocenters. The van der Waals surface area contributed by atoms with Crippen LogP contribution in [0.2, 0.25) is 5.02 Å². The van der Waals surface area contributed by atoms with E-state index in [4.69, 9.17) is 22.3 Å². The van der Waals surface area contributed by atoms with Crippen molar-refractivity contribution in [2.75, 3.05) is 11.1 Å². The Balaban J connectivity index is 1.63. The number of halogens is 1. The second kappa shape index (κ2) is 9.17. The molecule has 3 N–H and O–H groups in total. The summed E-state index contributed by atoms with van der Waals surface area (Å²) < 4.78 is 0. The Hall–Kier alpha value is -4.27. The highest BCUT2D eigenvalue weighted by Crippen LogP contribution is 2.41. The molecule has 7 nitrogen and oxygen atoms in total. The minimum Gasteiger partial charge on any atom is -0.397 e. The minimum absolute atomic E-state index is 0.0143. The van der Waals surface area contributed by atoms with Gasteiger partial charge in [-0.3, -0.25) is 14.9 Å². The van der Waals surface area contributed by atoms with Crippen LogP contribution in [0.15, 0.2) is 84.9 Å². The SMILES string of the molecule is Nc1c(C(=O)Nc2ccc(Cl)c([N+](=O)[O-])c2)sc2nc(-c3ccccc3)cc(-c3ccccc3)c12. The normalized spacial score (nSPS) is 10.9. The van der Waals surface area contributed by atoms with Gasteiger partial charge in [-0.15, -0.1) is 11.3 Å². The molecule has 0 aliphatic rings. The summed E-state index contributed by atoms with van der Waals surface area (Å²) in [7, 11) is 0. The number of carbonyl (C=O) groups is 1. The average molecular weight is 501 g/mol. The first-order valence-electron chi connectivity index (χ1n) is 10.5. The third-order valence-electron chi connectivity index (χ3n) is 5.46. The number of nitro groups is 1. The highest BCUT2D eigenvalue weighted by Gasteiger charge is 2.22. The van der Waals surface area contributed by atoms with Crippen molar-refractivity contribution < 1.29 is 9.72 Å². The zero-order valence-corrected chi connectivity index (χ0v) is 19.6. The Morgan fingerprint density at radius 3 is 2.29 bits per heavy atom. The monoisotopic (exact) mass is 500 g/mol. The van der Waals surface area contributed by atoms with Gasteiger partial charge >= 0.3 is 0 Å². The van der Waals surface area contributed by atoms with Crippen LogP contribution in [0, 0.1) is 10.1 Å². The summed E-state index contributed by atoms with van der Waals surface area (Å²) in [5.41, 5.74) is 10.3. The lowest BCUT2D eigenvalue weighted by atomic mass is 9.99. The molecule has 0 aliphatic heterocycles. The predicted octanol–water partition coefficient (Wildman–Crippen LogP) is 7.03. The number of hydrogen-bond acceptors (Lipinski definition) is 6. The second-order valence-corrected chi connectivity index (χ2v) is 9.10. The molecule has 0 spiro atoms. The van der Waals surface area contributed by atoms with Crippen LogP contribution < -0.4 is 11.1 Å². The molecule has 5 aromatic rings. The van der Waals surface area contributed by atoms with E-state index in [2.05, 4.69) is 5.32 Å². The molecule has 3 aromatic carbocycles. The number of hydrogen-bond donors (Lipinski definition) is 2. The van der Waals surface area contributed by atoms with Crippen molar-refractivity contribution in [3.05, 3.63) is 105 Å². The molecule has 0 fully saturated rings. The van der Waals surface area contributed by atoms with Crippen molar-refractivity contribution in [3.8, 4) is 22.4 Å². The zero-order valence-electron chi connectivity index (χ0n) is 18.1. The fourth-order valence-corrected chi connectivity index (χ4v) is 5.01. The number of nitro benzene ring substituents is 1. The van der Waals surface area contributed by atoms with Crippen LogP contribution >= 0.6 is 22.9 Å². The van der Waals surface area contributed by atoms with Gasteiger partial charge in [-0.1, -0.05) is 72.3 Å². The van der Waals surface area contributed by atoms with Crippen molar-refractivity contribution >= 4 is 56.1 Å². The summed E-state index contributed by atoms with van der Waals surface area (Å²) in [5, 5.41) is 14.6. The molecule has 9 heteroatoms. The van der Waals surface area contributed by atoms with Crippen molar-refractivity contribution in [1.82, 2.24) is 4.98 Å². The van der Waals surface area contributed by atoms with Crippen molar-refractivity contribution in [1.29, 1.82) is 0 Å². The smallest absolute Gasteiger partial charge is 0.289 e. The first-order chi connectivity index (χ1) is 16.9. The molecule has 2 aromatic heterocycles. The van der Waals surface area contributed by atoms with E-state index in [-0.39, 0.29) is 21.3 Å². The minimum atomic E-state index is -0.604. The average Bonchev–Trinajstić information content (AvgIpc) is 3.22. The van der Waals surface area contributed by atoms with E-state index < -0.39 is 10.8 Å². The molecule has 0 saturated heterocycles. The highest BCUT2D eigenvalue weighted by atomic mass is 35.5. The number of nitrogen functional groups attached to an aromatic ring is 1. The number of nitrogens with one attached hydrogen (secondary N) is 1. The highest BCUT2D eigenvalue weighted by molar-refractivity contribution is 7.21. The van der Waals surface area contributed by atoms with Crippen LogP contribution in [-0.2, 0) is 0 Å². The van der Waals surface area contributed by atoms with Gasteiger partial charge in [0.25, 0.3) is 11.6 Å². The molecule has 172 valence electrons. The molecule has 2 heterocycles. The van der Waals surface area contributed by atoms with E-state index in [0.717, 1.165) is 22.4 Å². The lowest BCUT2D eigenvalue weighted by Gasteiger charge is -2.09. The molecule has 0 bridgehead atoms. The third kappa shape index (κ3) is 4.32. The Labute approximate surface area is 209 Å². The van der Waals surface area contributed by atoms with E-state index in [0.29, 0.717) is 15.9 Å². The zero-order chi connectivity index (χ0) is 24.5. The third-order valence-corrected chi connectivity index (χ3v) is 6.88. The van der Waals surface area contributed by atoms with Gasteiger partial charge in [0.05, 0.1) is 16.3 Å². The van der Waals surface area contributed by atoms with Crippen LogP contribution in [0.1, 0.15) is 9.67 Å². The summed E-state index contributed by atoms with van der Waals surface area (Å²) in [4.78, 5) is 29.5. The van der Waals surface area contributed by atoms with Gasteiger partial charge < -0.3 is 11.1 Å². The first-order valence-corrected chi connectivity index (χ1v) is 11.7. The topological polar surface area (TPSA) is 111 Å². The Morgan fingerprint density at radius 2 is 1.63 bits per heavy atom. The van der Waals surface area contributed by atoms with Gasteiger partial charge in [-0.05, 0) is 29.3 Å². The first kappa shape index (κ1) is 22.5. The number of benzene rings is 3. The summed E-state index contributed by atoms with van der Waals surface area (Å²) in [6.07, 6.45) is 0. The summed E-state index contributed by atoms with van der Waals surface area (Å²) in [6.45, 7) is 0. The van der Waals surface area contributed by atoms with E-state index in [1.807, 2.05) is 66.7 Å². The lowest BCUT2D eigenvalue weighted by Crippen LogP contribution is -2.12. The van der Waals surface area contributed by atoms with E-state index in [9.17, 15) is 14.9 Å². The number of carbonyl (C=O) groups excluding carboxylic acids is 1. The fraction of sp³-hybridized carbons (Fsp3) is 0. The fourth-order valence-electron chi connectivity index (χ4n) is 3.81. The quantitative estimate of drug-likeness (QED) is 0.199. The van der Waals surface area contributed by atoms with Crippen molar-refractivity contribution in [3.63, 3.8) is 0 Å². The van der Waals surface area contributed by atoms with E-state index in [1.165, 1.54) is 29.5 Å². The molecule has 0 unspecified atom stereocenters. The second-order valence-electron chi connectivity index (χ2n) is 7.69. The molecular weight excluding hydrogens is 484 g/mol. The molecular formula is C26H17ClN4O3S. The number of rotatable bonds is 5. The van der Waals surface area contributed by atoms with Gasteiger partial charge in [-0.25, -0.2) is 4.98 Å². The molecule has 0 aliphatic carbocycles. The van der Waals surface area contributed by atoms with Crippen LogP contribution in [0.3, 0.4) is 0 Å². The van der Waals surface area contributed by atoms with Crippen LogP contribution in [0.25, 0.3) is 32.6 Å². The molecule has 0 saturated carbocycles. The number of amides is 1. The van der Waals surface area contributed by atoms with Crippen LogP contribution in [-0.4, -0.2) is 15.8 Å². The molecule has 35 heavy (non-hydrogen) atoms. The molecule has 0 radical (unpaired) electrons. The number of fused-ring (bicyclic) bond motifs is 1. The van der Waals surface area contributed by atoms with Gasteiger partial charge in [0, 0.05) is 22.7 Å². The summed E-state index contributed by atoms with van der Waals surface area (Å²) >= 11 is 7.06. The van der Waals surface area contributed by atoms with Gasteiger partial charge in [0.1, 0.15) is 14.7 Å². The number of nitrogens with two attached hydrogens (primary N) is 1. The van der Waals surface area contributed by atoms with Crippen molar-refractivity contribution in [2.24, 2.45) is 0 Å². The summed E-state index contributed by atoms with van der Waals surface area (Å²) in [6, 6.07) is 25.6. The van der Waals surface area contributed by atoms with Crippen molar-refractivity contribution in [2.45, 2.75) is 0 Å². The maximum Gasteiger partial charge on any atom is 0.289 e. The van der Waals surface area contributed by atoms with Crippen LogP contribution in [0.4, 0.5) is 17.1 Å². The van der Waals surface area contributed by atoms with E-state index >= 15 is 0 Å². The standard InChI is InChI=1S/C26H17ClN4O3S/c27-19-12-11-17(13-21(19)31(33)34)29-25(32)24-23(28)22-18(15-7-3-1-4-8-15)14-20(30-26(22)35-24)16-9-5-2-6-10-16/h1-14H,28H2,(H,29,32). The van der Waals surface area contributed by atoms with Gasteiger partial charge in [-0.2, -0.15) is 0 Å². The Morgan fingerprint density at radius 1 is 0.971 bits per heavy atom. The molecule has 5 rings (SSSR count). The maximum absolute atomic E-state index is 13.2. The largest absolute Gasteiger partial charge is 0.397 e. The molecule has 1 amide bonds. The lowest BCUT2D eigenvalue weighted by molar-refractivity contribution is -0.384. The predicted molar refractivity (Wildman–Crippen MR) is 141 cm³/mol. The number of pyridine rings is 1. The van der Waals surface area contributed by atoms with E-state index in [1.54, 1.807) is 0 Å².